The molecular formula is C12H22N2. The molecule has 1 aliphatic heterocycles. The lowest BCUT2D eigenvalue weighted by molar-refractivity contribution is 0.277. The Bertz CT molecular complexity index is 208. The Morgan fingerprint density at radius 3 is 2.43 bits per heavy atom. The van der Waals surface area contributed by atoms with Gasteiger partial charge in [0, 0.05) is 31.2 Å². The molecule has 1 N–H and O–H groups in total. The molecule has 3 fully saturated rings. The van der Waals surface area contributed by atoms with Crippen LogP contribution in [0.1, 0.15) is 39.0 Å². The maximum Gasteiger partial charge on any atom is 0.0235 e. The van der Waals surface area contributed by atoms with Crippen molar-refractivity contribution in [3.8, 4) is 0 Å². The summed E-state index contributed by atoms with van der Waals surface area (Å²) in [5.41, 5.74) is 0. The van der Waals surface area contributed by atoms with Crippen molar-refractivity contribution in [1.29, 1.82) is 0 Å². The molecule has 14 heavy (non-hydrogen) atoms. The van der Waals surface area contributed by atoms with Crippen LogP contribution >= 0.6 is 0 Å². The second kappa shape index (κ2) is 3.49. The molecule has 0 aromatic carbocycles. The first-order chi connectivity index (χ1) is 6.83. The summed E-state index contributed by atoms with van der Waals surface area (Å²) in [6, 6.07) is 2.62. The van der Waals surface area contributed by atoms with Crippen LogP contribution < -0.4 is 5.32 Å². The fourth-order valence-electron chi connectivity index (χ4n) is 2.84. The summed E-state index contributed by atoms with van der Waals surface area (Å²) >= 11 is 0. The van der Waals surface area contributed by atoms with Gasteiger partial charge in [0.05, 0.1) is 0 Å². The number of nitrogens with zero attached hydrogens (tertiary/aromatic N) is 1. The minimum absolute atomic E-state index is 0.792. The summed E-state index contributed by atoms with van der Waals surface area (Å²) in [5, 5.41) is 3.84. The van der Waals surface area contributed by atoms with E-state index in [0.717, 1.165) is 24.0 Å². The molecule has 2 atom stereocenters. The number of likely N-dealkylation sites (tertiary alicyclic amines) is 1. The molecule has 0 amide bonds. The summed E-state index contributed by atoms with van der Waals surface area (Å²) in [6.07, 6.45) is 7.22. The van der Waals surface area contributed by atoms with Gasteiger partial charge >= 0.3 is 0 Å². The van der Waals surface area contributed by atoms with E-state index in [2.05, 4.69) is 17.1 Å². The second-order valence-corrected chi connectivity index (χ2v) is 5.56. The summed E-state index contributed by atoms with van der Waals surface area (Å²) in [5.74, 6) is 0.871. The molecule has 3 aliphatic rings. The maximum atomic E-state index is 3.84. The quantitative estimate of drug-likeness (QED) is 0.734. The number of rotatable bonds is 3. The van der Waals surface area contributed by atoms with E-state index < -0.39 is 0 Å². The molecule has 3 rings (SSSR count). The van der Waals surface area contributed by atoms with E-state index in [9.17, 15) is 0 Å². The Kier molecular flexibility index (Phi) is 2.29. The van der Waals surface area contributed by atoms with Crippen LogP contribution in [0.4, 0.5) is 0 Å². The first-order valence-electron chi connectivity index (χ1n) is 6.33. The van der Waals surface area contributed by atoms with Gasteiger partial charge in [0.1, 0.15) is 0 Å². The predicted molar refractivity (Wildman–Crippen MR) is 58.3 cm³/mol. The lowest BCUT2D eigenvalue weighted by Crippen LogP contribution is -2.45. The first-order valence-corrected chi connectivity index (χ1v) is 6.33. The highest BCUT2D eigenvalue weighted by atomic mass is 15.2. The molecule has 80 valence electrons. The summed E-state index contributed by atoms with van der Waals surface area (Å²) in [6.45, 7) is 5.08. The zero-order valence-corrected chi connectivity index (χ0v) is 9.21. The first kappa shape index (κ1) is 9.17. The molecule has 0 aromatic heterocycles. The minimum atomic E-state index is 0.792. The van der Waals surface area contributed by atoms with Crippen LogP contribution in [0.25, 0.3) is 0 Å². The zero-order valence-electron chi connectivity index (χ0n) is 9.21. The Hall–Kier alpha value is -0.0800. The molecular weight excluding hydrogens is 172 g/mol. The van der Waals surface area contributed by atoms with Crippen LogP contribution in [0.3, 0.4) is 0 Å². The van der Waals surface area contributed by atoms with Gasteiger partial charge in [-0.05, 0) is 31.6 Å². The third-order valence-corrected chi connectivity index (χ3v) is 4.26. The van der Waals surface area contributed by atoms with Crippen molar-refractivity contribution in [2.24, 2.45) is 5.92 Å². The van der Waals surface area contributed by atoms with Crippen LogP contribution in [-0.2, 0) is 0 Å². The molecule has 2 heteroatoms. The highest BCUT2D eigenvalue weighted by Crippen LogP contribution is 2.32. The highest BCUT2D eigenvalue weighted by molar-refractivity contribution is 4.96. The van der Waals surface area contributed by atoms with Gasteiger partial charge in [-0.2, -0.15) is 0 Å². The largest absolute Gasteiger partial charge is 0.310 e. The van der Waals surface area contributed by atoms with Crippen molar-refractivity contribution >= 4 is 0 Å². The highest BCUT2D eigenvalue weighted by Gasteiger charge is 2.38. The van der Waals surface area contributed by atoms with Gasteiger partial charge < -0.3 is 5.32 Å². The van der Waals surface area contributed by atoms with Crippen molar-refractivity contribution in [3.63, 3.8) is 0 Å². The number of nitrogens with one attached hydrogen (secondary N) is 1. The normalized spacial score (nSPS) is 40.1. The van der Waals surface area contributed by atoms with Crippen LogP contribution in [0.2, 0.25) is 0 Å². The molecule has 1 heterocycles. The lowest BCUT2D eigenvalue weighted by Gasteiger charge is -2.31. The van der Waals surface area contributed by atoms with Gasteiger partial charge in [-0.1, -0.05) is 13.3 Å². The van der Waals surface area contributed by atoms with Crippen LogP contribution in [0.15, 0.2) is 0 Å². The Balaban J connectivity index is 1.52. The third-order valence-electron chi connectivity index (χ3n) is 4.26. The van der Waals surface area contributed by atoms with Gasteiger partial charge in [0.15, 0.2) is 0 Å². The molecule has 2 unspecified atom stereocenters. The van der Waals surface area contributed by atoms with E-state index in [4.69, 9.17) is 0 Å². The third kappa shape index (κ3) is 1.70. The van der Waals surface area contributed by atoms with Gasteiger partial charge in [-0.15, -0.1) is 0 Å². The SMILES string of the molecule is CC1CN(C2CC2)CC1NC1CCC1. The number of hydrogen-bond acceptors (Lipinski definition) is 2. The summed E-state index contributed by atoms with van der Waals surface area (Å²) < 4.78 is 0. The van der Waals surface area contributed by atoms with Gasteiger partial charge in [0.2, 0.25) is 0 Å². The van der Waals surface area contributed by atoms with Crippen LogP contribution in [-0.4, -0.2) is 36.1 Å². The smallest absolute Gasteiger partial charge is 0.0235 e. The Labute approximate surface area is 87.0 Å². The van der Waals surface area contributed by atoms with Crippen molar-refractivity contribution in [3.05, 3.63) is 0 Å². The molecule has 0 bridgehead atoms. The molecule has 0 spiro atoms. The van der Waals surface area contributed by atoms with Crippen molar-refractivity contribution in [1.82, 2.24) is 10.2 Å². The molecule has 0 aromatic rings. The van der Waals surface area contributed by atoms with Gasteiger partial charge in [0.25, 0.3) is 0 Å². The standard InChI is InChI=1S/C12H22N2/c1-9-7-14(11-5-6-11)8-12(9)13-10-3-2-4-10/h9-13H,2-8H2,1H3. The summed E-state index contributed by atoms with van der Waals surface area (Å²) in [7, 11) is 0. The average Bonchev–Trinajstić information content (AvgIpc) is 2.85. The average molecular weight is 194 g/mol. The van der Waals surface area contributed by atoms with E-state index in [-0.39, 0.29) is 0 Å². The minimum Gasteiger partial charge on any atom is -0.310 e. The molecule has 2 saturated carbocycles. The van der Waals surface area contributed by atoms with Crippen molar-refractivity contribution < 1.29 is 0 Å². The van der Waals surface area contributed by atoms with Crippen LogP contribution in [0, 0.1) is 5.92 Å². The fourth-order valence-corrected chi connectivity index (χ4v) is 2.84. The Morgan fingerprint density at radius 1 is 1.07 bits per heavy atom. The van der Waals surface area contributed by atoms with E-state index in [1.54, 1.807) is 0 Å². The predicted octanol–water partition coefficient (Wildman–Crippen LogP) is 1.61. The van der Waals surface area contributed by atoms with Crippen molar-refractivity contribution in [2.75, 3.05) is 13.1 Å². The van der Waals surface area contributed by atoms with E-state index in [0.29, 0.717) is 0 Å². The lowest BCUT2D eigenvalue weighted by atomic mass is 9.91. The fraction of sp³-hybridized carbons (Fsp3) is 1.00. The molecule has 2 nitrogen and oxygen atoms in total. The Morgan fingerprint density at radius 2 is 1.86 bits per heavy atom. The zero-order chi connectivity index (χ0) is 9.54. The van der Waals surface area contributed by atoms with Gasteiger partial charge in [-0.25, -0.2) is 0 Å². The van der Waals surface area contributed by atoms with E-state index in [1.807, 2.05) is 0 Å². The van der Waals surface area contributed by atoms with Crippen molar-refractivity contribution in [2.45, 2.75) is 57.2 Å². The molecule has 1 saturated heterocycles. The number of hydrogen-bond donors (Lipinski definition) is 1. The second-order valence-electron chi connectivity index (χ2n) is 5.56. The monoisotopic (exact) mass is 194 g/mol. The van der Waals surface area contributed by atoms with Gasteiger partial charge in [-0.3, -0.25) is 4.90 Å². The molecule has 0 radical (unpaired) electrons. The topological polar surface area (TPSA) is 15.3 Å². The summed E-state index contributed by atoms with van der Waals surface area (Å²) in [4.78, 5) is 2.71. The van der Waals surface area contributed by atoms with E-state index in [1.165, 1.54) is 45.2 Å². The van der Waals surface area contributed by atoms with Crippen LogP contribution in [0.5, 0.6) is 0 Å². The molecule has 2 aliphatic carbocycles. The maximum absolute atomic E-state index is 3.84. The van der Waals surface area contributed by atoms with E-state index >= 15 is 0 Å².